The summed E-state index contributed by atoms with van der Waals surface area (Å²) in [5, 5.41) is 5.08. The van der Waals surface area contributed by atoms with Crippen LogP contribution in [0.3, 0.4) is 0 Å². The Kier molecular flexibility index (Phi) is 4.68. The number of nitrogens with two attached hydrogens (primary N) is 1. The molecule has 0 saturated carbocycles. The Morgan fingerprint density at radius 2 is 2.17 bits per heavy atom. The van der Waals surface area contributed by atoms with Crippen molar-refractivity contribution in [2.45, 2.75) is 5.75 Å². The standard InChI is InChI=1S/C14H13N3O4S2/c15-12(18)6-22-4-9-5-23-14(16-9)17-13(19)8-1-2-10-11(3-8)21-7-20-10/h1-3,5H,4,6-7H2,(H2,15,18)(H,16,17,19). The molecule has 0 saturated heterocycles. The zero-order valence-corrected chi connectivity index (χ0v) is 13.5. The molecular formula is C14H13N3O4S2. The Hall–Kier alpha value is -2.26. The van der Waals surface area contributed by atoms with E-state index < -0.39 is 0 Å². The molecule has 1 aliphatic rings. The van der Waals surface area contributed by atoms with Crippen molar-refractivity contribution in [3.63, 3.8) is 0 Å². The number of primary amides is 1. The summed E-state index contributed by atoms with van der Waals surface area (Å²) in [7, 11) is 0. The van der Waals surface area contributed by atoms with Crippen molar-refractivity contribution in [2.75, 3.05) is 17.9 Å². The number of amides is 2. The number of fused-ring (bicyclic) bond motifs is 1. The molecule has 0 atom stereocenters. The molecule has 1 aliphatic heterocycles. The topological polar surface area (TPSA) is 104 Å². The van der Waals surface area contributed by atoms with Gasteiger partial charge in [0.2, 0.25) is 12.7 Å². The van der Waals surface area contributed by atoms with E-state index in [1.165, 1.54) is 23.1 Å². The maximum Gasteiger partial charge on any atom is 0.257 e. The molecule has 120 valence electrons. The first kappa shape index (κ1) is 15.6. The number of hydrogen-bond acceptors (Lipinski definition) is 7. The first-order valence-electron chi connectivity index (χ1n) is 6.63. The smallest absolute Gasteiger partial charge is 0.257 e. The third kappa shape index (κ3) is 3.93. The highest BCUT2D eigenvalue weighted by molar-refractivity contribution is 7.99. The second-order valence-corrected chi connectivity index (χ2v) is 6.47. The molecule has 1 aromatic carbocycles. The van der Waals surface area contributed by atoms with Crippen molar-refractivity contribution in [2.24, 2.45) is 5.73 Å². The number of rotatable bonds is 6. The minimum Gasteiger partial charge on any atom is -0.454 e. The number of carbonyl (C=O) groups excluding carboxylic acids is 2. The summed E-state index contributed by atoms with van der Waals surface area (Å²) in [4.78, 5) is 27.2. The van der Waals surface area contributed by atoms with Crippen LogP contribution >= 0.6 is 23.1 Å². The Labute approximate surface area is 140 Å². The molecule has 3 N–H and O–H groups in total. The summed E-state index contributed by atoms with van der Waals surface area (Å²) < 4.78 is 10.5. The van der Waals surface area contributed by atoms with Crippen LogP contribution in [0.4, 0.5) is 5.13 Å². The molecule has 9 heteroatoms. The Balaban J connectivity index is 1.59. The second kappa shape index (κ2) is 6.88. The van der Waals surface area contributed by atoms with Crippen LogP contribution in [0.25, 0.3) is 0 Å². The van der Waals surface area contributed by atoms with E-state index in [-0.39, 0.29) is 24.4 Å². The lowest BCUT2D eigenvalue weighted by atomic mass is 10.2. The quantitative estimate of drug-likeness (QED) is 0.823. The van der Waals surface area contributed by atoms with Gasteiger partial charge in [-0.1, -0.05) is 0 Å². The van der Waals surface area contributed by atoms with Crippen molar-refractivity contribution in [3.05, 3.63) is 34.8 Å². The fourth-order valence-corrected chi connectivity index (χ4v) is 3.36. The number of ether oxygens (including phenoxy) is 2. The lowest BCUT2D eigenvalue weighted by Gasteiger charge is -2.03. The van der Waals surface area contributed by atoms with Gasteiger partial charge in [0.1, 0.15) is 0 Å². The number of carbonyl (C=O) groups is 2. The highest BCUT2D eigenvalue weighted by atomic mass is 32.2. The van der Waals surface area contributed by atoms with Gasteiger partial charge < -0.3 is 15.2 Å². The molecule has 7 nitrogen and oxygen atoms in total. The molecule has 23 heavy (non-hydrogen) atoms. The Morgan fingerprint density at radius 3 is 3.00 bits per heavy atom. The van der Waals surface area contributed by atoms with Crippen LogP contribution in [0.5, 0.6) is 11.5 Å². The SMILES string of the molecule is NC(=O)CSCc1csc(NC(=O)c2ccc3c(c2)OCO3)n1. The normalized spacial score (nSPS) is 12.2. The average Bonchev–Trinajstić information content (AvgIpc) is 3.15. The zero-order valence-electron chi connectivity index (χ0n) is 11.9. The minimum absolute atomic E-state index is 0.166. The summed E-state index contributed by atoms with van der Waals surface area (Å²) in [6.45, 7) is 0.166. The summed E-state index contributed by atoms with van der Waals surface area (Å²) in [6.07, 6.45) is 0. The largest absolute Gasteiger partial charge is 0.454 e. The van der Waals surface area contributed by atoms with Crippen LogP contribution in [0.1, 0.15) is 16.1 Å². The van der Waals surface area contributed by atoms with Crippen LogP contribution in [-0.4, -0.2) is 29.3 Å². The van der Waals surface area contributed by atoms with Crippen molar-refractivity contribution in [3.8, 4) is 11.5 Å². The van der Waals surface area contributed by atoms with Gasteiger partial charge in [-0.15, -0.1) is 23.1 Å². The van der Waals surface area contributed by atoms with E-state index in [2.05, 4.69) is 10.3 Å². The monoisotopic (exact) mass is 351 g/mol. The molecule has 2 amide bonds. The number of thiazole rings is 1. The molecule has 3 rings (SSSR count). The molecule has 2 aromatic rings. The van der Waals surface area contributed by atoms with Gasteiger partial charge in [-0.25, -0.2) is 4.98 Å². The van der Waals surface area contributed by atoms with Crippen LogP contribution in [-0.2, 0) is 10.5 Å². The zero-order chi connectivity index (χ0) is 16.2. The van der Waals surface area contributed by atoms with E-state index in [9.17, 15) is 9.59 Å². The Bertz CT molecular complexity index is 747. The van der Waals surface area contributed by atoms with Crippen LogP contribution < -0.4 is 20.5 Å². The minimum atomic E-state index is -0.360. The highest BCUT2D eigenvalue weighted by Gasteiger charge is 2.17. The number of hydrogen-bond donors (Lipinski definition) is 2. The van der Waals surface area contributed by atoms with E-state index in [0.29, 0.717) is 27.9 Å². The van der Waals surface area contributed by atoms with Gasteiger partial charge >= 0.3 is 0 Å². The lowest BCUT2D eigenvalue weighted by molar-refractivity contribution is -0.115. The number of nitrogens with zero attached hydrogens (tertiary/aromatic N) is 1. The highest BCUT2D eigenvalue weighted by Crippen LogP contribution is 2.32. The van der Waals surface area contributed by atoms with Gasteiger partial charge in [0.15, 0.2) is 16.6 Å². The number of nitrogens with one attached hydrogen (secondary N) is 1. The number of benzene rings is 1. The fourth-order valence-electron chi connectivity index (χ4n) is 1.89. The third-order valence-electron chi connectivity index (χ3n) is 2.90. The predicted octanol–water partition coefficient (Wildman–Crippen LogP) is 1.84. The van der Waals surface area contributed by atoms with Crippen molar-refractivity contribution in [1.29, 1.82) is 0 Å². The maximum absolute atomic E-state index is 12.2. The van der Waals surface area contributed by atoms with Gasteiger partial charge in [-0.2, -0.15) is 0 Å². The van der Waals surface area contributed by atoms with Crippen molar-refractivity contribution < 1.29 is 19.1 Å². The van der Waals surface area contributed by atoms with Gasteiger partial charge in [0.05, 0.1) is 11.4 Å². The summed E-state index contributed by atoms with van der Waals surface area (Å²) >= 11 is 2.71. The van der Waals surface area contributed by atoms with Gasteiger partial charge in [0.25, 0.3) is 5.91 Å². The van der Waals surface area contributed by atoms with E-state index in [1.807, 2.05) is 5.38 Å². The molecule has 1 aromatic heterocycles. The first-order valence-corrected chi connectivity index (χ1v) is 8.67. The average molecular weight is 351 g/mol. The van der Waals surface area contributed by atoms with E-state index in [4.69, 9.17) is 15.2 Å². The molecule has 0 spiro atoms. The number of aromatic nitrogens is 1. The molecular weight excluding hydrogens is 338 g/mol. The third-order valence-corrected chi connectivity index (χ3v) is 4.70. The molecule has 0 aliphatic carbocycles. The summed E-state index contributed by atoms with van der Waals surface area (Å²) in [5.41, 5.74) is 6.34. The first-order chi connectivity index (χ1) is 11.1. The van der Waals surface area contributed by atoms with Crippen molar-refractivity contribution >= 4 is 40.0 Å². The van der Waals surface area contributed by atoms with Gasteiger partial charge in [-0.05, 0) is 18.2 Å². The van der Waals surface area contributed by atoms with Crippen molar-refractivity contribution in [1.82, 2.24) is 4.98 Å². The summed E-state index contributed by atoms with van der Waals surface area (Å²) in [5.74, 6) is 1.37. The lowest BCUT2D eigenvalue weighted by Crippen LogP contribution is -2.13. The Morgan fingerprint density at radius 1 is 1.35 bits per heavy atom. The van der Waals surface area contributed by atoms with Gasteiger partial charge in [0, 0.05) is 16.7 Å². The second-order valence-electron chi connectivity index (χ2n) is 4.63. The van der Waals surface area contributed by atoms with E-state index >= 15 is 0 Å². The van der Waals surface area contributed by atoms with E-state index in [1.54, 1.807) is 18.2 Å². The predicted molar refractivity (Wildman–Crippen MR) is 88.0 cm³/mol. The number of thioether (sulfide) groups is 1. The van der Waals surface area contributed by atoms with Crippen LogP contribution in [0, 0.1) is 0 Å². The van der Waals surface area contributed by atoms with Crippen LogP contribution in [0.15, 0.2) is 23.6 Å². The van der Waals surface area contributed by atoms with E-state index in [0.717, 1.165) is 5.69 Å². The summed E-state index contributed by atoms with van der Waals surface area (Å²) in [6, 6.07) is 5.00. The number of anilines is 1. The molecule has 0 radical (unpaired) electrons. The van der Waals surface area contributed by atoms with Gasteiger partial charge in [-0.3, -0.25) is 14.9 Å². The maximum atomic E-state index is 12.2. The molecule has 0 unspecified atom stereocenters. The molecule has 2 heterocycles. The fraction of sp³-hybridized carbons (Fsp3) is 0.214. The molecule has 0 fully saturated rings. The molecule has 0 bridgehead atoms. The van der Waals surface area contributed by atoms with Crippen LogP contribution in [0.2, 0.25) is 0 Å².